The van der Waals surface area contributed by atoms with E-state index in [1.807, 2.05) is 24.3 Å². The number of hydrogen-bond donors (Lipinski definition) is 3. The van der Waals surface area contributed by atoms with Crippen LogP contribution < -0.4 is 10.6 Å². The molecule has 1 aromatic carbocycles. The number of rotatable bonds is 5. The Labute approximate surface area is 107 Å². The van der Waals surface area contributed by atoms with Crippen molar-refractivity contribution in [3.05, 3.63) is 35.4 Å². The second-order valence-electron chi connectivity index (χ2n) is 4.92. The summed E-state index contributed by atoms with van der Waals surface area (Å²) >= 11 is 0. The minimum absolute atomic E-state index is 0.0691. The highest BCUT2D eigenvalue weighted by atomic mass is 16.3. The number of benzene rings is 1. The number of aliphatic hydroxyl groups is 1. The number of hydrogen-bond acceptors (Lipinski definition) is 3. The second-order valence-corrected chi connectivity index (χ2v) is 4.92. The van der Waals surface area contributed by atoms with Gasteiger partial charge in [-0.2, -0.15) is 0 Å². The van der Waals surface area contributed by atoms with Crippen LogP contribution in [0.2, 0.25) is 0 Å². The van der Waals surface area contributed by atoms with E-state index in [0.29, 0.717) is 5.56 Å². The Kier molecular flexibility index (Phi) is 3.99. The topological polar surface area (TPSA) is 61.4 Å². The van der Waals surface area contributed by atoms with E-state index in [9.17, 15) is 9.90 Å². The molecule has 4 nitrogen and oxygen atoms in total. The Hall–Kier alpha value is -1.39. The molecule has 4 heteroatoms. The predicted octanol–water partition coefficient (Wildman–Crippen LogP) is 1.05. The molecule has 0 unspecified atom stereocenters. The standard InChI is InChI=1S/C14H20N2O2/c1-15-13(18)12-5-3-11(4-6-12)9-16-14(10-17)7-2-8-14/h3-6,16-17H,2,7-10H2,1H3,(H,15,18). The van der Waals surface area contributed by atoms with Crippen molar-refractivity contribution in [1.29, 1.82) is 0 Å². The zero-order chi connectivity index (χ0) is 13.0. The van der Waals surface area contributed by atoms with Gasteiger partial charge in [0, 0.05) is 24.7 Å². The molecule has 0 radical (unpaired) electrons. The zero-order valence-corrected chi connectivity index (χ0v) is 10.7. The molecule has 1 fully saturated rings. The van der Waals surface area contributed by atoms with Crippen LogP contribution in [0, 0.1) is 0 Å². The molecule has 98 valence electrons. The van der Waals surface area contributed by atoms with Gasteiger partial charge in [0.15, 0.2) is 0 Å². The summed E-state index contributed by atoms with van der Waals surface area (Å²) in [5.74, 6) is -0.0691. The van der Waals surface area contributed by atoms with Crippen molar-refractivity contribution in [1.82, 2.24) is 10.6 Å². The Balaban J connectivity index is 1.92. The Bertz CT molecular complexity index is 405. The first-order valence-corrected chi connectivity index (χ1v) is 6.36. The molecule has 18 heavy (non-hydrogen) atoms. The summed E-state index contributed by atoms with van der Waals surface area (Å²) in [6.45, 7) is 0.928. The quantitative estimate of drug-likeness (QED) is 0.730. The van der Waals surface area contributed by atoms with E-state index >= 15 is 0 Å². The van der Waals surface area contributed by atoms with Gasteiger partial charge in [-0.05, 0) is 37.0 Å². The van der Waals surface area contributed by atoms with Crippen LogP contribution in [-0.2, 0) is 6.54 Å². The molecule has 1 saturated carbocycles. The number of nitrogens with one attached hydrogen (secondary N) is 2. The largest absolute Gasteiger partial charge is 0.394 e. The molecule has 0 spiro atoms. The molecule has 1 amide bonds. The first kappa shape index (κ1) is 13.1. The highest BCUT2D eigenvalue weighted by Crippen LogP contribution is 2.31. The lowest BCUT2D eigenvalue weighted by molar-refractivity contribution is 0.0872. The summed E-state index contributed by atoms with van der Waals surface area (Å²) in [4.78, 5) is 11.4. The van der Waals surface area contributed by atoms with Gasteiger partial charge >= 0.3 is 0 Å². The first-order chi connectivity index (χ1) is 8.69. The second kappa shape index (κ2) is 5.50. The Morgan fingerprint density at radius 3 is 2.44 bits per heavy atom. The van der Waals surface area contributed by atoms with Crippen molar-refractivity contribution in [2.24, 2.45) is 0 Å². The fourth-order valence-electron chi connectivity index (χ4n) is 2.20. The molecule has 1 aliphatic carbocycles. The van der Waals surface area contributed by atoms with Crippen LogP contribution in [0.15, 0.2) is 24.3 Å². The van der Waals surface area contributed by atoms with Gasteiger partial charge in [-0.3, -0.25) is 4.79 Å². The highest BCUT2D eigenvalue weighted by molar-refractivity contribution is 5.93. The van der Waals surface area contributed by atoms with Crippen molar-refractivity contribution < 1.29 is 9.90 Å². The Morgan fingerprint density at radius 1 is 1.33 bits per heavy atom. The van der Waals surface area contributed by atoms with Crippen molar-refractivity contribution in [3.8, 4) is 0 Å². The molecular formula is C14H20N2O2. The number of aliphatic hydroxyl groups excluding tert-OH is 1. The molecular weight excluding hydrogens is 228 g/mol. The van der Waals surface area contributed by atoms with E-state index in [1.54, 1.807) is 7.05 Å². The number of carbonyl (C=O) groups excluding carboxylic acids is 1. The Morgan fingerprint density at radius 2 is 2.00 bits per heavy atom. The fraction of sp³-hybridized carbons (Fsp3) is 0.500. The molecule has 0 atom stereocenters. The smallest absolute Gasteiger partial charge is 0.251 e. The molecule has 0 heterocycles. The molecule has 0 bridgehead atoms. The molecule has 1 aromatic rings. The molecule has 1 aliphatic rings. The van der Waals surface area contributed by atoms with Crippen LogP contribution in [0.25, 0.3) is 0 Å². The highest BCUT2D eigenvalue weighted by Gasteiger charge is 2.35. The third-order valence-corrected chi connectivity index (χ3v) is 3.72. The zero-order valence-electron chi connectivity index (χ0n) is 10.7. The van der Waals surface area contributed by atoms with Crippen LogP contribution in [-0.4, -0.2) is 30.2 Å². The van der Waals surface area contributed by atoms with Gasteiger partial charge < -0.3 is 15.7 Å². The van der Waals surface area contributed by atoms with E-state index in [0.717, 1.165) is 24.9 Å². The van der Waals surface area contributed by atoms with Gasteiger partial charge in [0.25, 0.3) is 5.91 Å². The first-order valence-electron chi connectivity index (χ1n) is 6.36. The maximum absolute atomic E-state index is 11.4. The van der Waals surface area contributed by atoms with E-state index in [-0.39, 0.29) is 18.1 Å². The van der Waals surface area contributed by atoms with Crippen LogP contribution >= 0.6 is 0 Å². The van der Waals surface area contributed by atoms with E-state index < -0.39 is 0 Å². The average molecular weight is 248 g/mol. The maximum Gasteiger partial charge on any atom is 0.251 e. The van der Waals surface area contributed by atoms with Crippen LogP contribution in [0.1, 0.15) is 35.2 Å². The summed E-state index contributed by atoms with van der Waals surface area (Å²) in [7, 11) is 1.62. The number of amides is 1. The summed E-state index contributed by atoms with van der Waals surface area (Å²) in [5, 5.41) is 15.4. The molecule has 2 rings (SSSR count). The predicted molar refractivity (Wildman–Crippen MR) is 70.3 cm³/mol. The molecule has 3 N–H and O–H groups in total. The normalized spacial score (nSPS) is 17.0. The van der Waals surface area contributed by atoms with Crippen molar-refractivity contribution >= 4 is 5.91 Å². The van der Waals surface area contributed by atoms with E-state index in [2.05, 4.69) is 10.6 Å². The molecule has 0 aliphatic heterocycles. The van der Waals surface area contributed by atoms with E-state index in [1.165, 1.54) is 6.42 Å². The summed E-state index contributed by atoms with van der Waals surface area (Å²) in [6.07, 6.45) is 3.27. The maximum atomic E-state index is 11.4. The van der Waals surface area contributed by atoms with Crippen molar-refractivity contribution in [3.63, 3.8) is 0 Å². The minimum atomic E-state index is -0.0700. The summed E-state index contributed by atoms with van der Waals surface area (Å²) < 4.78 is 0. The summed E-state index contributed by atoms with van der Waals surface area (Å²) in [6, 6.07) is 7.53. The fourth-order valence-corrected chi connectivity index (χ4v) is 2.20. The monoisotopic (exact) mass is 248 g/mol. The lowest BCUT2D eigenvalue weighted by atomic mass is 9.77. The average Bonchev–Trinajstić information content (AvgIpc) is 2.38. The number of carbonyl (C=O) groups is 1. The third kappa shape index (κ3) is 2.71. The lowest BCUT2D eigenvalue weighted by Crippen LogP contribution is -2.53. The van der Waals surface area contributed by atoms with E-state index in [4.69, 9.17) is 0 Å². The molecule has 0 aromatic heterocycles. The van der Waals surface area contributed by atoms with Gasteiger partial charge in [-0.15, -0.1) is 0 Å². The van der Waals surface area contributed by atoms with Gasteiger partial charge in [0.05, 0.1) is 6.61 Å². The van der Waals surface area contributed by atoms with Crippen molar-refractivity contribution in [2.75, 3.05) is 13.7 Å². The lowest BCUT2D eigenvalue weighted by Gasteiger charge is -2.41. The van der Waals surface area contributed by atoms with Crippen LogP contribution in [0.5, 0.6) is 0 Å². The van der Waals surface area contributed by atoms with Crippen LogP contribution in [0.3, 0.4) is 0 Å². The van der Waals surface area contributed by atoms with Gasteiger partial charge in [0.1, 0.15) is 0 Å². The third-order valence-electron chi connectivity index (χ3n) is 3.72. The van der Waals surface area contributed by atoms with Crippen LogP contribution in [0.4, 0.5) is 0 Å². The summed E-state index contributed by atoms with van der Waals surface area (Å²) in [5.41, 5.74) is 1.73. The van der Waals surface area contributed by atoms with Gasteiger partial charge in [-0.25, -0.2) is 0 Å². The molecule has 0 saturated heterocycles. The SMILES string of the molecule is CNC(=O)c1ccc(CNC2(CO)CCC2)cc1. The van der Waals surface area contributed by atoms with Gasteiger partial charge in [-0.1, -0.05) is 12.1 Å². The minimum Gasteiger partial charge on any atom is -0.394 e. The van der Waals surface area contributed by atoms with Crippen molar-refractivity contribution in [2.45, 2.75) is 31.3 Å². The van der Waals surface area contributed by atoms with Gasteiger partial charge in [0.2, 0.25) is 0 Å².